The first kappa shape index (κ1) is 16.0. The van der Waals surface area contributed by atoms with E-state index in [0.29, 0.717) is 25.1 Å². The predicted octanol–water partition coefficient (Wildman–Crippen LogP) is 2.47. The minimum absolute atomic E-state index is 0.0166. The van der Waals surface area contributed by atoms with Gasteiger partial charge < -0.3 is 15.0 Å². The van der Waals surface area contributed by atoms with Gasteiger partial charge in [0.1, 0.15) is 17.7 Å². The molecule has 3 aromatic rings. The van der Waals surface area contributed by atoms with Crippen molar-refractivity contribution < 1.29 is 9.53 Å². The molecule has 0 bridgehead atoms. The Morgan fingerprint density at radius 2 is 2.17 bits per heavy atom. The molecule has 124 valence electrons. The molecular weight excluding hydrogens is 304 g/mol. The Balaban J connectivity index is 1.42. The molecule has 2 heterocycles. The van der Waals surface area contributed by atoms with Crippen LogP contribution < -0.4 is 10.1 Å². The Hall–Kier alpha value is -2.89. The maximum atomic E-state index is 12.0. The summed E-state index contributed by atoms with van der Waals surface area (Å²) < 4.78 is 5.67. The molecule has 2 aromatic heterocycles. The van der Waals surface area contributed by atoms with E-state index in [2.05, 4.69) is 20.3 Å². The predicted molar refractivity (Wildman–Crippen MR) is 91.8 cm³/mol. The highest BCUT2D eigenvalue weighted by atomic mass is 16.5. The Bertz CT molecular complexity index is 768. The maximum Gasteiger partial charge on any atom is 0.220 e. The lowest BCUT2D eigenvalue weighted by Gasteiger charge is -2.15. The van der Waals surface area contributed by atoms with Gasteiger partial charge >= 0.3 is 0 Å². The van der Waals surface area contributed by atoms with E-state index in [1.54, 1.807) is 12.4 Å². The van der Waals surface area contributed by atoms with Crippen LogP contribution in [0, 0.1) is 0 Å². The SMILES string of the molecule is CC(CNC(=O)CCc1nc2ccccc2[nH]1)Oc1cccnc1. The first-order valence-electron chi connectivity index (χ1n) is 7.98. The zero-order valence-electron chi connectivity index (χ0n) is 13.5. The number of nitrogens with zero attached hydrogens (tertiary/aromatic N) is 2. The van der Waals surface area contributed by atoms with Gasteiger partial charge in [0.25, 0.3) is 0 Å². The molecule has 0 radical (unpaired) electrons. The Labute approximate surface area is 140 Å². The summed E-state index contributed by atoms with van der Waals surface area (Å²) in [7, 11) is 0. The number of nitrogens with one attached hydrogen (secondary N) is 2. The minimum Gasteiger partial charge on any atom is -0.487 e. The molecule has 6 nitrogen and oxygen atoms in total. The molecule has 0 fully saturated rings. The van der Waals surface area contributed by atoms with Crippen molar-refractivity contribution in [2.45, 2.75) is 25.9 Å². The highest BCUT2D eigenvalue weighted by Gasteiger charge is 2.09. The zero-order valence-corrected chi connectivity index (χ0v) is 13.5. The van der Waals surface area contributed by atoms with Crippen molar-refractivity contribution in [2.24, 2.45) is 0 Å². The fourth-order valence-electron chi connectivity index (χ4n) is 2.39. The fourth-order valence-corrected chi connectivity index (χ4v) is 2.39. The molecule has 0 saturated heterocycles. The number of aryl methyl sites for hydroxylation is 1. The van der Waals surface area contributed by atoms with Gasteiger partial charge in [0.15, 0.2) is 0 Å². The van der Waals surface area contributed by atoms with Crippen LogP contribution in [0.5, 0.6) is 5.75 Å². The number of rotatable bonds is 7. The second kappa shape index (κ2) is 7.59. The summed E-state index contributed by atoms with van der Waals surface area (Å²) in [6.45, 7) is 2.36. The molecule has 0 aliphatic carbocycles. The molecule has 3 rings (SSSR count). The number of carbonyl (C=O) groups is 1. The number of para-hydroxylation sites is 2. The highest BCUT2D eigenvalue weighted by Crippen LogP contribution is 2.11. The van der Waals surface area contributed by atoms with Gasteiger partial charge in [0.2, 0.25) is 5.91 Å². The molecule has 2 N–H and O–H groups in total. The number of amides is 1. The van der Waals surface area contributed by atoms with E-state index in [1.165, 1.54) is 0 Å². The summed E-state index contributed by atoms with van der Waals surface area (Å²) in [5.41, 5.74) is 1.91. The average Bonchev–Trinajstić information content (AvgIpc) is 3.02. The number of fused-ring (bicyclic) bond motifs is 1. The smallest absolute Gasteiger partial charge is 0.220 e. The number of hydrogen-bond donors (Lipinski definition) is 2. The van der Waals surface area contributed by atoms with Gasteiger partial charge in [-0.05, 0) is 31.2 Å². The van der Waals surface area contributed by atoms with Crippen LogP contribution in [0.3, 0.4) is 0 Å². The molecule has 0 saturated carbocycles. The molecule has 0 spiro atoms. The van der Waals surface area contributed by atoms with Gasteiger partial charge in [-0.15, -0.1) is 0 Å². The number of carbonyl (C=O) groups excluding carboxylic acids is 1. The van der Waals surface area contributed by atoms with Crippen LogP contribution in [-0.4, -0.2) is 33.5 Å². The third-order valence-corrected chi connectivity index (χ3v) is 3.59. The van der Waals surface area contributed by atoms with E-state index >= 15 is 0 Å². The van der Waals surface area contributed by atoms with Crippen LogP contribution >= 0.6 is 0 Å². The molecule has 0 aliphatic heterocycles. The summed E-state index contributed by atoms with van der Waals surface area (Å²) in [5.74, 6) is 1.50. The van der Waals surface area contributed by atoms with Crippen LogP contribution in [0.1, 0.15) is 19.2 Å². The fraction of sp³-hybridized carbons (Fsp3) is 0.278. The number of pyridine rings is 1. The highest BCUT2D eigenvalue weighted by molar-refractivity contribution is 5.77. The van der Waals surface area contributed by atoms with E-state index in [-0.39, 0.29) is 12.0 Å². The maximum absolute atomic E-state index is 12.0. The number of ether oxygens (including phenoxy) is 1. The van der Waals surface area contributed by atoms with Crippen LogP contribution in [0.15, 0.2) is 48.8 Å². The van der Waals surface area contributed by atoms with E-state index in [0.717, 1.165) is 16.9 Å². The largest absolute Gasteiger partial charge is 0.487 e. The summed E-state index contributed by atoms with van der Waals surface area (Å²) >= 11 is 0. The van der Waals surface area contributed by atoms with Crippen molar-refractivity contribution >= 4 is 16.9 Å². The van der Waals surface area contributed by atoms with E-state index < -0.39 is 0 Å². The lowest BCUT2D eigenvalue weighted by atomic mass is 10.2. The van der Waals surface area contributed by atoms with Crippen molar-refractivity contribution in [3.8, 4) is 5.75 Å². The number of aromatic amines is 1. The summed E-state index contributed by atoms with van der Waals surface area (Å²) in [6, 6.07) is 11.5. The molecule has 1 atom stereocenters. The topological polar surface area (TPSA) is 79.9 Å². The first-order chi connectivity index (χ1) is 11.7. The number of aromatic nitrogens is 3. The van der Waals surface area contributed by atoms with E-state index in [9.17, 15) is 4.79 Å². The molecular formula is C18H20N4O2. The quantitative estimate of drug-likeness (QED) is 0.700. The van der Waals surface area contributed by atoms with Crippen molar-refractivity contribution in [3.05, 3.63) is 54.6 Å². The first-order valence-corrected chi connectivity index (χ1v) is 7.98. The van der Waals surface area contributed by atoms with Gasteiger partial charge in [-0.1, -0.05) is 12.1 Å². The second-order valence-corrected chi connectivity index (χ2v) is 5.62. The lowest BCUT2D eigenvalue weighted by molar-refractivity contribution is -0.121. The Morgan fingerprint density at radius 1 is 1.29 bits per heavy atom. The van der Waals surface area contributed by atoms with Crippen LogP contribution in [0.25, 0.3) is 11.0 Å². The Morgan fingerprint density at radius 3 is 2.96 bits per heavy atom. The molecule has 1 amide bonds. The molecule has 1 unspecified atom stereocenters. The second-order valence-electron chi connectivity index (χ2n) is 5.62. The normalized spacial score (nSPS) is 12.0. The van der Waals surface area contributed by atoms with Gasteiger partial charge in [-0.25, -0.2) is 4.98 Å². The minimum atomic E-state index is -0.121. The van der Waals surface area contributed by atoms with E-state index in [1.807, 2.05) is 43.3 Å². The van der Waals surface area contributed by atoms with Gasteiger partial charge in [-0.2, -0.15) is 0 Å². The molecule has 24 heavy (non-hydrogen) atoms. The molecule has 1 aromatic carbocycles. The Kier molecular flexibility index (Phi) is 5.05. The van der Waals surface area contributed by atoms with Gasteiger partial charge in [0, 0.05) is 19.0 Å². The summed E-state index contributed by atoms with van der Waals surface area (Å²) in [5, 5.41) is 2.88. The van der Waals surface area contributed by atoms with Gasteiger partial charge in [-0.3, -0.25) is 9.78 Å². The number of imidazole rings is 1. The van der Waals surface area contributed by atoms with Crippen molar-refractivity contribution in [1.82, 2.24) is 20.3 Å². The summed E-state index contributed by atoms with van der Waals surface area (Å²) in [6.07, 6.45) is 4.19. The van der Waals surface area contributed by atoms with Crippen molar-refractivity contribution in [2.75, 3.05) is 6.54 Å². The van der Waals surface area contributed by atoms with Gasteiger partial charge in [0.05, 0.1) is 23.8 Å². The van der Waals surface area contributed by atoms with Crippen LogP contribution in [0.2, 0.25) is 0 Å². The average molecular weight is 324 g/mol. The van der Waals surface area contributed by atoms with Crippen molar-refractivity contribution in [3.63, 3.8) is 0 Å². The standard InChI is InChI=1S/C18H20N4O2/c1-13(24-14-5-4-10-19-12-14)11-20-18(23)9-8-17-21-15-6-2-3-7-16(15)22-17/h2-7,10,12-13H,8-9,11H2,1H3,(H,20,23)(H,21,22). The monoisotopic (exact) mass is 324 g/mol. The van der Waals surface area contributed by atoms with E-state index in [4.69, 9.17) is 4.74 Å². The van der Waals surface area contributed by atoms with Crippen molar-refractivity contribution in [1.29, 1.82) is 0 Å². The third kappa shape index (κ3) is 4.32. The number of hydrogen-bond acceptors (Lipinski definition) is 4. The van der Waals surface area contributed by atoms with Crippen LogP contribution in [0.4, 0.5) is 0 Å². The summed E-state index contributed by atoms with van der Waals surface area (Å²) in [4.78, 5) is 23.7. The zero-order chi connectivity index (χ0) is 16.8. The molecule has 6 heteroatoms. The molecule has 0 aliphatic rings. The third-order valence-electron chi connectivity index (χ3n) is 3.59. The number of H-pyrrole nitrogens is 1. The van der Waals surface area contributed by atoms with Crippen LogP contribution in [-0.2, 0) is 11.2 Å². The lowest BCUT2D eigenvalue weighted by Crippen LogP contribution is -2.33. The number of benzene rings is 1.